The lowest BCUT2D eigenvalue weighted by Crippen LogP contribution is -2.05. The molecule has 0 amide bonds. The molecule has 14 heavy (non-hydrogen) atoms. The number of aliphatic hydroxyl groups is 1. The average Bonchev–Trinajstić information content (AvgIpc) is 2.72. The van der Waals surface area contributed by atoms with Gasteiger partial charge in [0.15, 0.2) is 11.5 Å². The van der Waals surface area contributed by atoms with Gasteiger partial charge in [-0.3, -0.25) is 0 Å². The number of carbonyl (C=O) groups excluding carboxylic acids is 1. The van der Waals surface area contributed by atoms with Crippen molar-refractivity contribution in [2.75, 3.05) is 6.61 Å². The maximum absolute atomic E-state index is 11.2. The Morgan fingerprint density at radius 2 is 2.50 bits per heavy atom. The number of hydrogen-bond acceptors (Lipinski definition) is 5. The summed E-state index contributed by atoms with van der Waals surface area (Å²) in [5, 5.41) is 13.2. The molecule has 0 unspecified atom stereocenters. The van der Waals surface area contributed by atoms with E-state index in [1.807, 2.05) is 0 Å². The van der Waals surface area contributed by atoms with Crippen molar-refractivity contribution in [2.45, 2.75) is 25.4 Å². The second-order valence-electron chi connectivity index (χ2n) is 3.33. The Morgan fingerprint density at radius 1 is 1.79 bits per heavy atom. The van der Waals surface area contributed by atoms with Gasteiger partial charge in [-0.25, -0.2) is 4.79 Å². The van der Waals surface area contributed by atoms with Gasteiger partial charge in [0.2, 0.25) is 0 Å². The fraction of sp³-hybridized carbons (Fsp3) is 0.556. The first kappa shape index (κ1) is 9.21. The van der Waals surface area contributed by atoms with Gasteiger partial charge in [0.25, 0.3) is 0 Å². The Morgan fingerprint density at radius 3 is 3.07 bits per heavy atom. The second kappa shape index (κ2) is 3.09. The molecule has 1 aromatic heterocycles. The molecule has 0 spiro atoms. The number of aromatic nitrogens is 1. The highest BCUT2D eigenvalue weighted by molar-refractivity contribution is 5.87. The van der Waals surface area contributed by atoms with E-state index in [2.05, 4.69) is 5.16 Å². The van der Waals surface area contributed by atoms with Crippen molar-refractivity contribution in [3.63, 3.8) is 0 Å². The molecule has 0 saturated heterocycles. The molecule has 1 fully saturated rings. The molecule has 76 valence electrons. The maximum atomic E-state index is 11.2. The van der Waals surface area contributed by atoms with Crippen molar-refractivity contribution in [3.8, 4) is 0 Å². The molecule has 2 rings (SSSR count). The van der Waals surface area contributed by atoms with Gasteiger partial charge < -0.3 is 14.4 Å². The van der Waals surface area contributed by atoms with Gasteiger partial charge in [-0.05, 0) is 19.8 Å². The van der Waals surface area contributed by atoms with Crippen LogP contribution in [0.25, 0.3) is 0 Å². The first-order valence-corrected chi connectivity index (χ1v) is 4.52. The van der Waals surface area contributed by atoms with Crippen LogP contribution in [-0.2, 0) is 10.3 Å². The molecule has 1 aliphatic rings. The largest absolute Gasteiger partial charge is 0.461 e. The van der Waals surface area contributed by atoms with E-state index >= 15 is 0 Å². The molecule has 1 heterocycles. The van der Waals surface area contributed by atoms with Gasteiger partial charge in [0.05, 0.1) is 6.61 Å². The molecule has 1 saturated carbocycles. The minimum absolute atomic E-state index is 0.113. The zero-order valence-corrected chi connectivity index (χ0v) is 7.82. The van der Waals surface area contributed by atoms with Crippen LogP contribution in [0.5, 0.6) is 0 Å². The van der Waals surface area contributed by atoms with Crippen LogP contribution < -0.4 is 0 Å². The molecule has 1 N–H and O–H groups in total. The molecule has 5 nitrogen and oxygen atoms in total. The van der Waals surface area contributed by atoms with Crippen LogP contribution >= 0.6 is 0 Å². The molecule has 0 radical (unpaired) electrons. The van der Waals surface area contributed by atoms with Gasteiger partial charge in [-0.15, -0.1) is 0 Å². The van der Waals surface area contributed by atoms with E-state index in [4.69, 9.17) is 9.26 Å². The van der Waals surface area contributed by atoms with Crippen LogP contribution in [0.3, 0.4) is 0 Å². The lowest BCUT2D eigenvalue weighted by atomic mass is 10.2. The Kier molecular flexibility index (Phi) is 2.03. The van der Waals surface area contributed by atoms with Crippen LogP contribution in [0.4, 0.5) is 0 Å². The Hall–Kier alpha value is -1.36. The smallest absolute Gasteiger partial charge is 0.360 e. The van der Waals surface area contributed by atoms with Gasteiger partial charge in [0.1, 0.15) is 5.60 Å². The summed E-state index contributed by atoms with van der Waals surface area (Å²) in [6.45, 7) is 2.01. The summed E-state index contributed by atoms with van der Waals surface area (Å²) in [6.07, 6.45) is 1.31. The number of ether oxygens (including phenoxy) is 1. The number of rotatable bonds is 3. The predicted molar refractivity (Wildman–Crippen MR) is 45.6 cm³/mol. The van der Waals surface area contributed by atoms with E-state index in [9.17, 15) is 9.90 Å². The minimum Gasteiger partial charge on any atom is -0.461 e. The number of nitrogens with zero attached hydrogens (tertiary/aromatic N) is 1. The Bertz CT molecular complexity index is 353. The maximum Gasteiger partial charge on any atom is 0.360 e. The molecule has 0 atom stereocenters. The summed E-state index contributed by atoms with van der Waals surface area (Å²) < 4.78 is 9.59. The van der Waals surface area contributed by atoms with Crippen molar-refractivity contribution < 1.29 is 19.2 Å². The summed E-state index contributed by atoms with van der Waals surface area (Å²) in [5.74, 6) is -0.174. The van der Waals surface area contributed by atoms with Crippen LogP contribution in [0.15, 0.2) is 10.6 Å². The van der Waals surface area contributed by atoms with Crippen molar-refractivity contribution in [1.82, 2.24) is 5.16 Å². The topological polar surface area (TPSA) is 72.6 Å². The predicted octanol–water partition coefficient (Wildman–Crippen LogP) is 0.833. The number of esters is 1. The fourth-order valence-corrected chi connectivity index (χ4v) is 1.16. The SMILES string of the molecule is CCOC(=O)c1cc(C2(O)CC2)on1. The van der Waals surface area contributed by atoms with Crippen molar-refractivity contribution in [3.05, 3.63) is 17.5 Å². The summed E-state index contributed by atoms with van der Waals surface area (Å²) in [7, 11) is 0. The molecule has 0 aromatic carbocycles. The van der Waals surface area contributed by atoms with Crippen LogP contribution in [0.1, 0.15) is 36.0 Å². The monoisotopic (exact) mass is 197 g/mol. The molecule has 0 bridgehead atoms. The van der Waals surface area contributed by atoms with Gasteiger partial charge in [-0.1, -0.05) is 5.16 Å². The first-order valence-electron chi connectivity index (χ1n) is 4.52. The quantitative estimate of drug-likeness (QED) is 0.726. The molecular formula is C9H11NO4. The molecule has 1 aromatic rings. The van der Waals surface area contributed by atoms with E-state index in [1.54, 1.807) is 6.92 Å². The molecule has 5 heteroatoms. The number of carbonyl (C=O) groups is 1. The Balaban J connectivity index is 2.13. The first-order chi connectivity index (χ1) is 6.65. The number of hydrogen-bond donors (Lipinski definition) is 1. The highest BCUT2D eigenvalue weighted by atomic mass is 16.5. The second-order valence-corrected chi connectivity index (χ2v) is 3.33. The van der Waals surface area contributed by atoms with Crippen LogP contribution in [0, 0.1) is 0 Å². The highest BCUT2D eigenvalue weighted by Crippen LogP contribution is 2.45. The van der Waals surface area contributed by atoms with Gasteiger partial charge in [0, 0.05) is 6.07 Å². The van der Waals surface area contributed by atoms with Crippen molar-refractivity contribution in [2.24, 2.45) is 0 Å². The lowest BCUT2D eigenvalue weighted by molar-refractivity contribution is 0.0513. The minimum atomic E-state index is -0.891. The Labute approximate surface area is 80.6 Å². The van der Waals surface area contributed by atoms with E-state index in [0.717, 1.165) is 0 Å². The average molecular weight is 197 g/mol. The highest BCUT2D eigenvalue weighted by Gasteiger charge is 2.46. The van der Waals surface area contributed by atoms with Crippen molar-refractivity contribution >= 4 is 5.97 Å². The third kappa shape index (κ3) is 1.50. The zero-order valence-electron chi connectivity index (χ0n) is 7.82. The van der Waals surface area contributed by atoms with Gasteiger partial charge in [-0.2, -0.15) is 0 Å². The third-order valence-electron chi connectivity index (χ3n) is 2.18. The molecule has 0 aliphatic heterocycles. The van der Waals surface area contributed by atoms with E-state index in [-0.39, 0.29) is 5.69 Å². The molecular weight excluding hydrogens is 186 g/mol. The van der Waals surface area contributed by atoms with E-state index in [0.29, 0.717) is 25.2 Å². The molecule has 1 aliphatic carbocycles. The van der Waals surface area contributed by atoms with Crippen molar-refractivity contribution in [1.29, 1.82) is 0 Å². The zero-order chi connectivity index (χ0) is 10.2. The van der Waals surface area contributed by atoms with E-state index < -0.39 is 11.6 Å². The standard InChI is InChI=1S/C9H11NO4/c1-2-13-8(11)6-5-7(14-10-6)9(12)3-4-9/h5,12H,2-4H2,1H3. The normalized spacial score (nSPS) is 17.9. The summed E-state index contributed by atoms with van der Waals surface area (Å²) in [5.41, 5.74) is -0.778. The summed E-state index contributed by atoms with van der Waals surface area (Å²) >= 11 is 0. The van der Waals surface area contributed by atoms with E-state index in [1.165, 1.54) is 6.07 Å². The van der Waals surface area contributed by atoms with Crippen LogP contribution in [-0.4, -0.2) is 22.8 Å². The third-order valence-corrected chi connectivity index (χ3v) is 2.18. The van der Waals surface area contributed by atoms with Gasteiger partial charge >= 0.3 is 5.97 Å². The fourth-order valence-electron chi connectivity index (χ4n) is 1.16. The lowest BCUT2D eigenvalue weighted by Gasteiger charge is -1.98. The summed E-state index contributed by atoms with van der Waals surface area (Å²) in [6, 6.07) is 1.44. The van der Waals surface area contributed by atoms with Crippen LogP contribution in [0.2, 0.25) is 0 Å². The summed E-state index contributed by atoms with van der Waals surface area (Å²) in [4.78, 5) is 11.2.